The zero-order valence-electron chi connectivity index (χ0n) is 21.9. The van der Waals surface area contributed by atoms with Crippen LogP contribution >= 0.6 is 0 Å². The average Bonchev–Trinajstić information content (AvgIpc) is 3.27. The minimum Gasteiger partial charge on any atom is -0.497 e. The van der Waals surface area contributed by atoms with E-state index in [2.05, 4.69) is 19.6 Å². The van der Waals surface area contributed by atoms with Gasteiger partial charge in [-0.2, -0.15) is 12.7 Å². The van der Waals surface area contributed by atoms with E-state index in [4.69, 9.17) is 9.47 Å². The van der Waals surface area contributed by atoms with Gasteiger partial charge in [0, 0.05) is 45.1 Å². The number of methoxy groups -OCH3 is 1. The summed E-state index contributed by atoms with van der Waals surface area (Å²) in [5.74, 6) is 1.35. The van der Waals surface area contributed by atoms with Gasteiger partial charge in [-0.05, 0) is 49.9 Å². The van der Waals surface area contributed by atoms with Crippen LogP contribution in [0.25, 0.3) is 0 Å². The van der Waals surface area contributed by atoms with E-state index in [0.717, 1.165) is 31.5 Å². The number of carbonyl (C=O) groups is 1. The van der Waals surface area contributed by atoms with Gasteiger partial charge in [-0.3, -0.25) is 4.90 Å². The Hall–Kier alpha value is -3.00. The molecule has 12 nitrogen and oxygen atoms in total. The largest absolute Gasteiger partial charge is 0.497 e. The van der Waals surface area contributed by atoms with Crippen LogP contribution in [0.5, 0.6) is 5.75 Å². The van der Waals surface area contributed by atoms with Gasteiger partial charge in [-0.15, -0.1) is 0 Å². The maximum Gasteiger partial charge on any atom is 0.407 e. The van der Waals surface area contributed by atoms with Crippen molar-refractivity contribution in [2.75, 3.05) is 38.8 Å². The Morgan fingerprint density at radius 2 is 1.84 bits per heavy atom. The van der Waals surface area contributed by atoms with Crippen LogP contribution in [0.2, 0.25) is 0 Å². The second-order valence-corrected chi connectivity index (χ2v) is 11.4. The van der Waals surface area contributed by atoms with Crippen LogP contribution in [0.15, 0.2) is 42.7 Å². The van der Waals surface area contributed by atoms with Crippen molar-refractivity contribution in [1.29, 1.82) is 0 Å². The molecule has 0 unspecified atom stereocenters. The summed E-state index contributed by atoms with van der Waals surface area (Å²) in [5, 5.41) is 10.0. The van der Waals surface area contributed by atoms with E-state index in [1.807, 2.05) is 0 Å². The number of rotatable bonds is 10. The third-order valence-electron chi connectivity index (χ3n) is 7.29. The second-order valence-electron chi connectivity index (χ2n) is 9.58. The summed E-state index contributed by atoms with van der Waals surface area (Å²) in [7, 11) is -0.961. The molecule has 4 rings (SSSR count). The number of anilines is 1. The zero-order valence-corrected chi connectivity index (χ0v) is 22.7. The number of piperidine rings is 1. The highest BCUT2D eigenvalue weighted by molar-refractivity contribution is 7.87. The summed E-state index contributed by atoms with van der Waals surface area (Å²) in [6.07, 6.45) is 4.11. The van der Waals surface area contributed by atoms with Crippen molar-refractivity contribution in [2.24, 2.45) is 0 Å². The van der Waals surface area contributed by atoms with Gasteiger partial charge in [-0.1, -0.05) is 12.1 Å². The van der Waals surface area contributed by atoms with E-state index < -0.39 is 28.4 Å². The smallest absolute Gasteiger partial charge is 0.407 e. The van der Waals surface area contributed by atoms with Gasteiger partial charge < -0.3 is 19.5 Å². The van der Waals surface area contributed by atoms with Crippen LogP contribution < -0.4 is 14.4 Å². The van der Waals surface area contributed by atoms with E-state index >= 15 is 0 Å². The first kappa shape index (κ1) is 28.0. The maximum absolute atomic E-state index is 13.2. The fourth-order valence-electron chi connectivity index (χ4n) is 5.28. The molecular weight excluding hydrogens is 512 g/mol. The summed E-state index contributed by atoms with van der Waals surface area (Å²) in [4.78, 5) is 24.3. The van der Waals surface area contributed by atoms with E-state index in [1.54, 1.807) is 56.8 Å². The number of ether oxygens (including phenoxy) is 2. The molecule has 2 aliphatic rings. The highest BCUT2D eigenvalue weighted by atomic mass is 32.2. The molecule has 38 heavy (non-hydrogen) atoms. The molecule has 2 N–H and O–H groups in total. The molecule has 13 heteroatoms. The summed E-state index contributed by atoms with van der Waals surface area (Å²) < 4.78 is 41.6. The first-order chi connectivity index (χ1) is 18.2. The molecule has 1 amide bonds. The number of nitrogens with one attached hydrogen (secondary N) is 1. The van der Waals surface area contributed by atoms with Crippen molar-refractivity contribution in [3.63, 3.8) is 0 Å². The highest BCUT2D eigenvalue weighted by Crippen LogP contribution is 2.32. The lowest BCUT2D eigenvalue weighted by molar-refractivity contribution is -0.00461. The van der Waals surface area contributed by atoms with Crippen LogP contribution in [-0.2, 0) is 21.5 Å². The predicted molar refractivity (Wildman–Crippen MR) is 141 cm³/mol. The topological polar surface area (TPSA) is 137 Å². The van der Waals surface area contributed by atoms with E-state index in [0.29, 0.717) is 18.1 Å². The molecule has 2 saturated heterocycles. The van der Waals surface area contributed by atoms with Gasteiger partial charge in [0.2, 0.25) is 5.95 Å². The van der Waals surface area contributed by atoms with E-state index in [1.165, 1.54) is 16.3 Å². The van der Waals surface area contributed by atoms with Crippen molar-refractivity contribution in [3.8, 4) is 5.75 Å². The molecule has 1 aromatic carbocycles. The number of hydrogen-bond donors (Lipinski definition) is 2. The quantitative estimate of drug-likeness (QED) is 0.456. The Kier molecular flexibility index (Phi) is 9.03. The standard InChI is InChI=1S/C25H36N6O6S/c1-18-15-22(30(38(34,35)26-2)16-19-5-7-20(36-3)8-6-19)23(31(18)25(32)33)17-37-21-9-13-29(14-10-21)24-27-11-4-12-28-24/h4-8,11-12,18,21-23,26H,9-10,13-17H2,1-3H3,(H,32,33)/t18-,22+,23+/m1/s1. The van der Waals surface area contributed by atoms with Gasteiger partial charge in [0.25, 0.3) is 10.2 Å². The molecule has 3 atom stereocenters. The van der Waals surface area contributed by atoms with Crippen LogP contribution in [0.3, 0.4) is 0 Å². The second kappa shape index (κ2) is 12.2. The van der Waals surface area contributed by atoms with E-state index in [9.17, 15) is 18.3 Å². The summed E-state index contributed by atoms with van der Waals surface area (Å²) in [6.45, 7) is 3.44. The SMILES string of the molecule is CNS(=O)(=O)N(Cc1ccc(OC)cc1)[C@H]1C[C@@H](C)N(C(=O)O)[C@H]1COC1CCN(c2ncccn2)CC1. The van der Waals surface area contributed by atoms with E-state index in [-0.39, 0.29) is 25.3 Å². The van der Waals surface area contributed by atoms with Gasteiger partial charge in [-0.25, -0.2) is 19.5 Å². The summed E-state index contributed by atoms with van der Waals surface area (Å²) >= 11 is 0. The van der Waals surface area contributed by atoms with Crippen molar-refractivity contribution < 1.29 is 27.8 Å². The summed E-state index contributed by atoms with van der Waals surface area (Å²) in [6, 6.07) is 7.31. The summed E-state index contributed by atoms with van der Waals surface area (Å²) in [5.41, 5.74) is 0.765. The molecule has 0 aliphatic carbocycles. The Bertz CT molecular complexity index is 1160. The van der Waals surface area contributed by atoms with Crippen LogP contribution in [0, 0.1) is 0 Å². The first-order valence-electron chi connectivity index (χ1n) is 12.7. The molecule has 0 spiro atoms. The molecule has 2 aliphatic heterocycles. The third-order valence-corrected chi connectivity index (χ3v) is 8.83. The van der Waals surface area contributed by atoms with Gasteiger partial charge >= 0.3 is 6.09 Å². The number of hydrogen-bond acceptors (Lipinski definition) is 8. The average molecular weight is 549 g/mol. The number of amides is 1. The minimum atomic E-state index is -3.89. The van der Waals surface area contributed by atoms with Crippen molar-refractivity contribution in [1.82, 2.24) is 23.9 Å². The number of nitrogens with zero attached hydrogens (tertiary/aromatic N) is 5. The van der Waals surface area contributed by atoms with Crippen LogP contribution in [0.1, 0.15) is 31.7 Å². The van der Waals surface area contributed by atoms with Crippen LogP contribution in [0.4, 0.5) is 10.7 Å². The third kappa shape index (κ3) is 6.34. The fourth-order valence-corrected chi connectivity index (χ4v) is 6.42. The Morgan fingerprint density at radius 3 is 2.42 bits per heavy atom. The number of likely N-dealkylation sites (tertiary alicyclic amines) is 1. The number of aromatic nitrogens is 2. The van der Waals surface area contributed by atoms with Crippen molar-refractivity contribution >= 4 is 22.3 Å². The van der Waals surface area contributed by atoms with Crippen molar-refractivity contribution in [2.45, 2.75) is 57.0 Å². The Labute approximate surface area is 223 Å². The minimum absolute atomic E-state index is 0.0712. The molecule has 2 aromatic rings. The van der Waals surface area contributed by atoms with Gasteiger partial charge in [0.05, 0.1) is 31.9 Å². The van der Waals surface area contributed by atoms with Crippen LogP contribution in [-0.4, -0.2) is 96.9 Å². The fraction of sp³-hybridized carbons (Fsp3) is 0.560. The van der Waals surface area contributed by atoms with Crippen molar-refractivity contribution in [3.05, 3.63) is 48.3 Å². The number of carboxylic acid groups (broad SMARTS) is 1. The Balaban J connectivity index is 1.49. The lowest BCUT2D eigenvalue weighted by Gasteiger charge is -2.36. The Morgan fingerprint density at radius 1 is 1.18 bits per heavy atom. The molecular formula is C25H36N6O6S. The lowest BCUT2D eigenvalue weighted by atomic mass is 10.1. The molecule has 1 aromatic heterocycles. The highest BCUT2D eigenvalue weighted by Gasteiger charge is 2.48. The first-order valence-corrected chi connectivity index (χ1v) is 14.2. The van der Waals surface area contributed by atoms with Gasteiger partial charge in [0.1, 0.15) is 5.75 Å². The molecule has 0 radical (unpaired) electrons. The lowest BCUT2D eigenvalue weighted by Crippen LogP contribution is -2.53. The normalized spacial score (nSPS) is 22.7. The zero-order chi connectivity index (χ0) is 27.3. The maximum atomic E-state index is 13.2. The molecule has 208 valence electrons. The molecule has 0 saturated carbocycles. The molecule has 3 heterocycles. The predicted octanol–water partition coefficient (Wildman–Crippen LogP) is 1.95. The molecule has 0 bridgehead atoms. The number of benzene rings is 1. The monoisotopic (exact) mass is 548 g/mol. The molecule has 2 fully saturated rings. The van der Waals surface area contributed by atoms with Gasteiger partial charge in [0.15, 0.2) is 0 Å².